The number of aromatic nitrogens is 2. The molecular formula is C15H17BrClFN2O. The van der Waals surface area contributed by atoms with Gasteiger partial charge in [-0.1, -0.05) is 0 Å². The first-order valence-electron chi connectivity index (χ1n) is 7.10. The van der Waals surface area contributed by atoms with E-state index in [1.165, 1.54) is 6.07 Å². The zero-order valence-electron chi connectivity index (χ0n) is 11.9. The maximum Gasteiger partial charge on any atom is 0.139 e. The van der Waals surface area contributed by atoms with Crippen molar-refractivity contribution < 1.29 is 9.13 Å². The van der Waals surface area contributed by atoms with Gasteiger partial charge < -0.3 is 9.30 Å². The van der Waals surface area contributed by atoms with Crippen molar-refractivity contribution >= 4 is 38.6 Å². The van der Waals surface area contributed by atoms with Crippen LogP contribution in [0.1, 0.15) is 43.9 Å². The van der Waals surface area contributed by atoms with Crippen LogP contribution >= 0.6 is 27.5 Å². The van der Waals surface area contributed by atoms with E-state index in [0.717, 1.165) is 29.7 Å². The van der Waals surface area contributed by atoms with E-state index in [2.05, 4.69) is 32.4 Å². The normalized spacial score (nSPS) is 24.4. The fraction of sp³-hybridized carbons (Fsp3) is 0.533. The fourth-order valence-electron chi connectivity index (χ4n) is 2.98. The van der Waals surface area contributed by atoms with Crippen LogP contribution in [0.2, 0.25) is 0 Å². The first kappa shape index (κ1) is 15.3. The van der Waals surface area contributed by atoms with Crippen LogP contribution in [-0.4, -0.2) is 22.3 Å². The topological polar surface area (TPSA) is 27.1 Å². The Morgan fingerprint density at radius 1 is 1.52 bits per heavy atom. The van der Waals surface area contributed by atoms with Crippen molar-refractivity contribution in [2.45, 2.75) is 44.2 Å². The summed E-state index contributed by atoms with van der Waals surface area (Å²) < 4.78 is 22.1. The molecule has 0 N–H and O–H groups in total. The minimum Gasteiger partial charge on any atom is -0.378 e. The molecule has 1 aliphatic rings. The molecule has 3 unspecified atom stereocenters. The van der Waals surface area contributed by atoms with Crippen molar-refractivity contribution in [3.8, 4) is 0 Å². The van der Waals surface area contributed by atoms with Gasteiger partial charge in [0.2, 0.25) is 0 Å². The van der Waals surface area contributed by atoms with Crippen molar-refractivity contribution in [2.75, 3.05) is 6.61 Å². The van der Waals surface area contributed by atoms with Crippen LogP contribution in [0, 0.1) is 5.82 Å². The van der Waals surface area contributed by atoms with Crippen LogP contribution in [0.4, 0.5) is 4.39 Å². The molecule has 6 heteroatoms. The highest BCUT2D eigenvalue weighted by atomic mass is 79.9. The largest absolute Gasteiger partial charge is 0.378 e. The molecule has 3 nitrogen and oxygen atoms in total. The highest BCUT2D eigenvalue weighted by Gasteiger charge is 2.27. The summed E-state index contributed by atoms with van der Waals surface area (Å²) in [5.41, 5.74) is 1.57. The predicted molar refractivity (Wildman–Crippen MR) is 85.3 cm³/mol. The molecule has 0 bridgehead atoms. The number of hydrogen-bond acceptors (Lipinski definition) is 2. The SMILES string of the molecule is CC1CC(n2c(C(C)Cl)nc3cc(Br)c(F)cc32)CCO1. The predicted octanol–water partition coefficient (Wildman–Crippen LogP) is 4.98. The summed E-state index contributed by atoms with van der Waals surface area (Å²) in [5.74, 6) is 0.515. The maximum atomic E-state index is 13.9. The van der Waals surface area contributed by atoms with Crippen LogP contribution in [0.5, 0.6) is 0 Å². The molecule has 114 valence electrons. The highest BCUT2D eigenvalue weighted by Crippen LogP contribution is 2.35. The molecule has 1 fully saturated rings. The Kier molecular flexibility index (Phi) is 4.26. The average molecular weight is 376 g/mol. The van der Waals surface area contributed by atoms with E-state index in [1.54, 1.807) is 6.07 Å². The van der Waals surface area contributed by atoms with Crippen LogP contribution in [0.3, 0.4) is 0 Å². The Morgan fingerprint density at radius 2 is 2.29 bits per heavy atom. The molecule has 1 aromatic carbocycles. The molecule has 0 radical (unpaired) electrons. The van der Waals surface area contributed by atoms with E-state index in [-0.39, 0.29) is 23.3 Å². The van der Waals surface area contributed by atoms with Gasteiger partial charge >= 0.3 is 0 Å². The summed E-state index contributed by atoms with van der Waals surface area (Å²) in [7, 11) is 0. The lowest BCUT2D eigenvalue weighted by Crippen LogP contribution is -2.26. The van der Waals surface area contributed by atoms with Crippen LogP contribution in [0.25, 0.3) is 11.0 Å². The molecule has 0 saturated carbocycles. The zero-order chi connectivity index (χ0) is 15.1. The minimum atomic E-state index is -0.280. The third kappa shape index (κ3) is 2.83. The average Bonchev–Trinajstić information content (AvgIpc) is 2.78. The van der Waals surface area contributed by atoms with E-state index >= 15 is 0 Å². The van der Waals surface area contributed by atoms with Gasteiger partial charge in [0.1, 0.15) is 11.6 Å². The second kappa shape index (κ2) is 5.86. The molecule has 2 heterocycles. The Balaban J connectivity index is 2.17. The molecule has 0 aliphatic carbocycles. The second-order valence-corrected chi connectivity index (χ2v) is 7.08. The third-order valence-electron chi connectivity index (χ3n) is 3.94. The lowest BCUT2D eigenvalue weighted by atomic mass is 10.0. The standard InChI is InChI=1S/C15H17BrClFN2O/c1-8-5-10(3-4-21-8)20-14-7-12(18)11(16)6-13(14)19-15(20)9(2)17/h6-10H,3-5H2,1-2H3. The molecule has 1 aliphatic heterocycles. The van der Waals surface area contributed by atoms with E-state index in [1.807, 2.05) is 6.92 Å². The molecule has 21 heavy (non-hydrogen) atoms. The zero-order valence-corrected chi connectivity index (χ0v) is 14.3. The first-order chi connectivity index (χ1) is 9.97. The Labute approximate surface area is 136 Å². The minimum absolute atomic E-state index is 0.194. The summed E-state index contributed by atoms with van der Waals surface area (Å²) in [4.78, 5) is 4.61. The molecule has 0 amide bonds. The van der Waals surface area contributed by atoms with Gasteiger partial charge in [-0.25, -0.2) is 9.37 Å². The fourth-order valence-corrected chi connectivity index (χ4v) is 3.47. The van der Waals surface area contributed by atoms with E-state index in [0.29, 0.717) is 11.1 Å². The number of hydrogen-bond donors (Lipinski definition) is 0. The molecule has 1 saturated heterocycles. The van der Waals surface area contributed by atoms with Gasteiger partial charge in [-0.3, -0.25) is 0 Å². The van der Waals surface area contributed by atoms with Crippen LogP contribution < -0.4 is 0 Å². The van der Waals surface area contributed by atoms with Gasteiger partial charge in [-0.2, -0.15) is 0 Å². The molecule has 1 aromatic heterocycles. The van der Waals surface area contributed by atoms with Crippen molar-refractivity contribution in [1.82, 2.24) is 9.55 Å². The molecule has 3 atom stereocenters. The highest BCUT2D eigenvalue weighted by molar-refractivity contribution is 9.10. The van der Waals surface area contributed by atoms with Gasteiger partial charge in [-0.05, 0) is 48.7 Å². The molecular weight excluding hydrogens is 359 g/mol. The quantitative estimate of drug-likeness (QED) is 0.692. The number of rotatable bonds is 2. The lowest BCUT2D eigenvalue weighted by molar-refractivity contribution is 0.00621. The molecule has 2 aromatic rings. The van der Waals surface area contributed by atoms with Gasteiger partial charge in [0.15, 0.2) is 0 Å². The smallest absolute Gasteiger partial charge is 0.139 e. The number of nitrogens with zero attached hydrogens (tertiary/aromatic N) is 2. The number of ether oxygens (including phenoxy) is 1. The van der Waals surface area contributed by atoms with Crippen molar-refractivity contribution in [2.24, 2.45) is 0 Å². The molecule has 0 spiro atoms. The second-order valence-electron chi connectivity index (χ2n) is 5.57. The Bertz CT molecular complexity index is 673. The summed E-state index contributed by atoms with van der Waals surface area (Å²) in [6.07, 6.45) is 1.98. The monoisotopic (exact) mass is 374 g/mol. The summed E-state index contributed by atoms with van der Waals surface area (Å²) >= 11 is 9.51. The van der Waals surface area contributed by atoms with Crippen molar-refractivity contribution in [1.29, 1.82) is 0 Å². The first-order valence-corrected chi connectivity index (χ1v) is 8.33. The van der Waals surface area contributed by atoms with Crippen molar-refractivity contribution in [3.05, 3.63) is 28.2 Å². The summed E-state index contributed by atoms with van der Waals surface area (Å²) in [6.45, 7) is 4.67. The van der Waals surface area contributed by atoms with Crippen LogP contribution in [-0.2, 0) is 4.74 Å². The maximum absolute atomic E-state index is 13.9. The summed E-state index contributed by atoms with van der Waals surface area (Å²) in [5, 5.41) is -0.225. The number of fused-ring (bicyclic) bond motifs is 1. The van der Waals surface area contributed by atoms with Gasteiger partial charge in [0, 0.05) is 18.7 Å². The van der Waals surface area contributed by atoms with Gasteiger partial charge in [0.25, 0.3) is 0 Å². The van der Waals surface area contributed by atoms with Gasteiger partial charge in [0.05, 0.1) is 27.0 Å². The van der Waals surface area contributed by atoms with E-state index in [9.17, 15) is 4.39 Å². The number of halogens is 3. The summed E-state index contributed by atoms with van der Waals surface area (Å²) in [6, 6.07) is 3.50. The lowest BCUT2D eigenvalue weighted by Gasteiger charge is -2.30. The number of imidazole rings is 1. The number of alkyl halides is 1. The van der Waals surface area contributed by atoms with E-state index < -0.39 is 0 Å². The van der Waals surface area contributed by atoms with Gasteiger partial charge in [-0.15, -0.1) is 11.6 Å². The number of benzene rings is 1. The Morgan fingerprint density at radius 3 is 2.95 bits per heavy atom. The van der Waals surface area contributed by atoms with E-state index in [4.69, 9.17) is 16.3 Å². The Hall–Kier alpha value is -0.650. The molecule has 3 rings (SSSR count). The van der Waals surface area contributed by atoms with Crippen LogP contribution in [0.15, 0.2) is 16.6 Å². The third-order valence-corrected chi connectivity index (χ3v) is 4.74. The van der Waals surface area contributed by atoms with Crippen molar-refractivity contribution in [3.63, 3.8) is 0 Å².